The Bertz CT molecular complexity index is 479. The van der Waals surface area contributed by atoms with E-state index in [0.717, 1.165) is 12.8 Å². The van der Waals surface area contributed by atoms with E-state index in [9.17, 15) is 9.59 Å². The van der Waals surface area contributed by atoms with Gasteiger partial charge in [-0.15, -0.1) is 0 Å². The van der Waals surface area contributed by atoms with Gasteiger partial charge in [0, 0.05) is 18.8 Å². The van der Waals surface area contributed by atoms with E-state index in [1.165, 1.54) is 0 Å². The van der Waals surface area contributed by atoms with Gasteiger partial charge in [-0.25, -0.2) is 0 Å². The molecule has 0 saturated heterocycles. The second kappa shape index (κ2) is 6.00. The summed E-state index contributed by atoms with van der Waals surface area (Å²) in [5, 5.41) is 0. The van der Waals surface area contributed by atoms with Crippen molar-refractivity contribution in [2.45, 2.75) is 32.6 Å². The van der Waals surface area contributed by atoms with Gasteiger partial charge in [0.05, 0.1) is 12.7 Å². The zero-order chi connectivity index (χ0) is 13.8. The lowest BCUT2D eigenvalue weighted by Crippen LogP contribution is -2.24. The van der Waals surface area contributed by atoms with E-state index < -0.39 is 0 Å². The van der Waals surface area contributed by atoms with Crippen molar-refractivity contribution in [1.82, 2.24) is 0 Å². The molecule has 3 nitrogen and oxygen atoms in total. The SMILES string of the molecule is COc1ccccc1C(=O)C[C@@H]1CC[C@H](C)C(=O)C1. The molecule has 0 spiro atoms. The van der Waals surface area contributed by atoms with Crippen molar-refractivity contribution in [2.24, 2.45) is 11.8 Å². The summed E-state index contributed by atoms with van der Waals surface area (Å²) in [6, 6.07) is 7.26. The normalized spacial score (nSPS) is 23.2. The van der Waals surface area contributed by atoms with Crippen LogP contribution in [0.4, 0.5) is 0 Å². The van der Waals surface area contributed by atoms with Crippen molar-refractivity contribution in [2.75, 3.05) is 7.11 Å². The van der Waals surface area contributed by atoms with Crippen LogP contribution in [0.15, 0.2) is 24.3 Å². The fourth-order valence-electron chi connectivity index (χ4n) is 2.66. The first kappa shape index (κ1) is 13.8. The molecule has 2 rings (SSSR count). The number of para-hydroxylation sites is 1. The van der Waals surface area contributed by atoms with Crippen LogP contribution in [0.1, 0.15) is 43.0 Å². The Labute approximate surface area is 114 Å². The average Bonchev–Trinajstić information content (AvgIpc) is 2.43. The monoisotopic (exact) mass is 260 g/mol. The number of ether oxygens (including phenoxy) is 1. The maximum atomic E-state index is 12.3. The maximum Gasteiger partial charge on any atom is 0.166 e. The third-order valence-corrected chi connectivity index (χ3v) is 3.93. The van der Waals surface area contributed by atoms with Crippen LogP contribution in [0.2, 0.25) is 0 Å². The molecule has 0 amide bonds. The molecule has 19 heavy (non-hydrogen) atoms. The largest absolute Gasteiger partial charge is 0.496 e. The Morgan fingerprint density at radius 1 is 1.32 bits per heavy atom. The van der Waals surface area contributed by atoms with Crippen LogP contribution in [0.25, 0.3) is 0 Å². The minimum atomic E-state index is 0.0739. The molecule has 1 aromatic rings. The topological polar surface area (TPSA) is 43.4 Å². The highest BCUT2D eigenvalue weighted by Crippen LogP contribution is 2.30. The van der Waals surface area contributed by atoms with Crippen LogP contribution in [0, 0.1) is 11.8 Å². The second-order valence-electron chi connectivity index (χ2n) is 5.34. The van der Waals surface area contributed by atoms with E-state index in [4.69, 9.17) is 4.74 Å². The summed E-state index contributed by atoms with van der Waals surface area (Å²) in [4.78, 5) is 24.0. The lowest BCUT2D eigenvalue weighted by molar-refractivity contribution is -0.125. The number of hydrogen-bond acceptors (Lipinski definition) is 3. The lowest BCUT2D eigenvalue weighted by atomic mass is 9.79. The van der Waals surface area contributed by atoms with E-state index in [1.807, 2.05) is 19.1 Å². The van der Waals surface area contributed by atoms with Crippen molar-refractivity contribution in [3.63, 3.8) is 0 Å². The summed E-state index contributed by atoms with van der Waals surface area (Å²) in [6.45, 7) is 1.97. The van der Waals surface area contributed by atoms with Crippen molar-refractivity contribution >= 4 is 11.6 Å². The van der Waals surface area contributed by atoms with Gasteiger partial charge in [-0.3, -0.25) is 9.59 Å². The molecule has 0 aliphatic heterocycles. The summed E-state index contributed by atoms with van der Waals surface area (Å²) in [5.74, 6) is 1.34. The molecule has 3 heteroatoms. The fourth-order valence-corrected chi connectivity index (χ4v) is 2.66. The molecule has 1 fully saturated rings. The highest BCUT2D eigenvalue weighted by molar-refractivity contribution is 5.99. The van der Waals surface area contributed by atoms with Gasteiger partial charge < -0.3 is 4.74 Å². The zero-order valence-electron chi connectivity index (χ0n) is 11.5. The van der Waals surface area contributed by atoms with Crippen LogP contribution >= 0.6 is 0 Å². The number of hydrogen-bond donors (Lipinski definition) is 0. The van der Waals surface area contributed by atoms with Gasteiger partial charge in [-0.1, -0.05) is 19.1 Å². The quantitative estimate of drug-likeness (QED) is 0.780. The van der Waals surface area contributed by atoms with Crippen LogP contribution in [0.5, 0.6) is 5.75 Å². The Balaban J connectivity index is 2.03. The van der Waals surface area contributed by atoms with Gasteiger partial charge in [-0.2, -0.15) is 0 Å². The molecule has 0 aromatic heterocycles. The van der Waals surface area contributed by atoms with E-state index >= 15 is 0 Å². The van der Waals surface area contributed by atoms with E-state index in [0.29, 0.717) is 29.9 Å². The molecular formula is C16H20O3. The first-order chi connectivity index (χ1) is 9.11. The number of carbonyl (C=O) groups is 2. The van der Waals surface area contributed by atoms with Crippen LogP contribution in [0.3, 0.4) is 0 Å². The molecule has 1 saturated carbocycles. The predicted octanol–water partition coefficient (Wildman–Crippen LogP) is 3.27. The second-order valence-corrected chi connectivity index (χ2v) is 5.34. The van der Waals surface area contributed by atoms with Crippen molar-refractivity contribution in [1.29, 1.82) is 0 Å². The minimum absolute atomic E-state index is 0.0739. The molecule has 1 aromatic carbocycles. The molecule has 0 radical (unpaired) electrons. The molecule has 2 atom stereocenters. The Morgan fingerprint density at radius 2 is 2.05 bits per heavy atom. The standard InChI is InChI=1S/C16H20O3/c1-11-7-8-12(9-14(11)17)10-15(18)13-5-3-4-6-16(13)19-2/h3-6,11-12H,7-10H2,1-2H3/t11-,12+/m0/s1. The van der Waals surface area contributed by atoms with Crippen LogP contribution in [-0.4, -0.2) is 18.7 Å². The fraction of sp³-hybridized carbons (Fsp3) is 0.500. The number of carbonyl (C=O) groups excluding carboxylic acids is 2. The van der Waals surface area contributed by atoms with E-state index in [2.05, 4.69) is 0 Å². The summed E-state index contributed by atoms with van der Waals surface area (Å²) in [5.41, 5.74) is 0.621. The van der Waals surface area contributed by atoms with Gasteiger partial charge in [0.15, 0.2) is 5.78 Å². The van der Waals surface area contributed by atoms with Crippen LogP contribution < -0.4 is 4.74 Å². The van der Waals surface area contributed by atoms with Gasteiger partial charge in [0.1, 0.15) is 11.5 Å². The van der Waals surface area contributed by atoms with Crippen molar-refractivity contribution in [3.05, 3.63) is 29.8 Å². The van der Waals surface area contributed by atoms with Gasteiger partial charge in [0.2, 0.25) is 0 Å². The van der Waals surface area contributed by atoms with Crippen molar-refractivity contribution < 1.29 is 14.3 Å². The Morgan fingerprint density at radius 3 is 2.74 bits per heavy atom. The molecule has 0 N–H and O–H groups in total. The van der Waals surface area contributed by atoms with Gasteiger partial charge >= 0.3 is 0 Å². The highest BCUT2D eigenvalue weighted by atomic mass is 16.5. The first-order valence-electron chi connectivity index (χ1n) is 6.80. The van der Waals surface area contributed by atoms with Crippen molar-refractivity contribution in [3.8, 4) is 5.75 Å². The third kappa shape index (κ3) is 3.22. The lowest BCUT2D eigenvalue weighted by Gasteiger charge is -2.24. The summed E-state index contributed by atoms with van der Waals surface area (Å²) in [7, 11) is 1.57. The van der Waals surface area contributed by atoms with Gasteiger partial charge in [0.25, 0.3) is 0 Å². The molecule has 1 aliphatic carbocycles. The molecule has 0 unspecified atom stereocenters. The maximum absolute atomic E-state index is 12.3. The van der Waals surface area contributed by atoms with Crippen LogP contribution in [-0.2, 0) is 4.79 Å². The number of methoxy groups -OCH3 is 1. The molecule has 1 aliphatic rings. The van der Waals surface area contributed by atoms with E-state index in [1.54, 1.807) is 19.2 Å². The molecular weight excluding hydrogens is 240 g/mol. The molecule has 0 heterocycles. The van der Waals surface area contributed by atoms with E-state index in [-0.39, 0.29) is 17.6 Å². The average molecular weight is 260 g/mol. The molecule has 102 valence electrons. The zero-order valence-corrected chi connectivity index (χ0v) is 11.5. The summed E-state index contributed by atoms with van der Waals surface area (Å²) < 4.78 is 5.21. The summed E-state index contributed by atoms with van der Waals surface area (Å²) in [6.07, 6.45) is 2.86. The third-order valence-electron chi connectivity index (χ3n) is 3.93. The minimum Gasteiger partial charge on any atom is -0.496 e. The number of Topliss-reactive ketones (excluding diaryl/α,β-unsaturated/α-hetero) is 2. The number of benzene rings is 1. The predicted molar refractivity (Wildman–Crippen MR) is 73.5 cm³/mol. The Hall–Kier alpha value is -1.64. The Kier molecular flexibility index (Phi) is 4.35. The highest BCUT2D eigenvalue weighted by Gasteiger charge is 2.27. The summed E-state index contributed by atoms with van der Waals surface area (Å²) >= 11 is 0. The first-order valence-corrected chi connectivity index (χ1v) is 6.80. The number of ketones is 2. The smallest absolute Gasteiger partial charge is 0.166 e. The number of rotatable bonds is 4. The van der Waals surface area contributed by atoms with Gasteiger partial charge in [-0.05, 0) is 30.9 Å². The molecule has 0 bridgehead atoms.